The molecule has 0 radical (unpaired) electrons. The van der Waals surface area contributed by atoms with Crippen LogP contribution in [0.3, 0.4) is 0 Å². The minimum Gasteiger partial charge on any atom is -0.465 e. The second-order valence-corrected chi connectivity index (χ2v) is 12.7. The van der Waals surface area contributed by atoms with E-state index < -0.39 is 0 Å². The lowest BCUT2D eigenvalue weighted by molar-refractivity contribution is -0.929. The van der Waals surface area contributed by atoms with E-state index in [0.29, 0.717) is 25.0 Å². The predicted octanol–water partition coefficient (Wildman–Crippen LogP) is 5.23. The minimum atomic E-state index is -0.122. The molecule has 0 aliphatic carbocycles. The lowest BCUT2D eigenvalue weighted by atomic mass is 9.99. The smallest absolute Gasteiger partial charge is 0.302 e. The molecule has 6 atom stereocenters. The van der Waals surface area contributed by atoms with E-state index in [1.54, 1.807) is 0 Å². The van der Waals surface area contributed by atoms with E-state index in [-0.39, 0.29) is 11.9 Å². The van der Waals surface area contributed by atoms with Crippen LogP contribution in [0.15, 0.2) is 0 Å². The van der Waals surface area contributed by atoms with Crippen LogP contribution in [0, 0.1) is 11.8 Å². The quantitative estimate of drug-likeness (QED) is 0.173. The van der Waals surface area contributed by atoms with Crippen LogP contribution in [0.25, 0.3) is 0 Å². The Morgan fingerprint density at radius 1 is 0.583 bits per heavy atom. The maximum Gasteiger partial charge on any atom is 0.302 e. The van der Waals surface area contributed by atoms with E-state index in [0.717, 1.165) is 12.1 Å². The summed E-state index contributed by atoms with van der Waals surface area (Å²) in [6.07, 6.45) is 18.9. The fraction of sp³-hybridized carbons (Fsp3) is 0.933. The highest BCUT2D eigenvalue weighted by atomic mass is 16.5. The van der Waals surface area contributed by atoms with Crippen LogP contribution in [-0.2, 0) is 19.1 Å². The van der Waals surface area contributed by atoms with Gasteiger partial charge in [0, 0.05) is 52.4 Å². The highest BCUT2D eigenvalue weighted by Gasteiger charge is 2.52. The van der Waals surface area contributed by atoms with Crippen LogP contribution in [0.1, 0.15) is 104 Å². The second-order valence-electron chi connectivity index (χ2n) is 12.7. The molecule has 4 aliphatic heterocycles. The maximum atomic E-state index is 11.2. The van der Waals surface area contributed by atoms with Gasteiger partial charge in [-0.15, -0.1) is 0 Å². The number of hydrogen-bond acceptors (Lipinski definition) is 4. The van der Waals surface area contributed by atoms with Gasteiger partial charge in [-0.05, 0) is 25.7 Å². The fourth-order valence-corrected chi connectivity index (χ4v) is 8.79. The predicted molar refractivity (Wildman–Crippen MR) is 142 cm³/mol. The molecule has 206 valence electrons. The molecule has 4 aliphatic rings. The number of rotatable bonds is 15. The molecule has 36 heavy (non-hydrogen) atoms. The first-order valence-electron chi connectivity index (χ1n) is 15.4. The van der Waals surface area contributed by atoms with E-state index in [9.17, 15) is 9.59 Å². The van der Waals surface area contributed by atoms with Crippen LogP contribution in [-0.4, -0.2) is 85.5 Å². The van der Waals surface area contributed by atoms with Gasteiger partial charge in [-0.1, -0.05) is 25.7 Å². The van der Waals surface area contributed by atoms with Gasteiger partial charge in [0.15, 0.2) is 0 Å². The highest BCUT2D eigenvalue weighted by Crippen LogP contribution is 2.42. The molecule has 0 aromatic heterocycles. The lowest BCUT2D eigenvalue weighted by Crippen LogP contribution is -2.49. The van der Waals surface area contributed by atoms with Crippen molar-refractivity contribution in [1.82, 2.24) is 0 Å². The van der Waals surface area contributed by atoms with Crippen LogP contribution < -0.4 is 0 Å². The van der Waals surface area contributed by atoms with Gasteiger partial charge in [-0.25, -0.2) is 0 Å². The summed E-state index contributed by atoms with van der Waals surface area (Å²) in [5, 5.41) is 0. The highest BCUT2D eigenvalue weighted by molar-refractivity contribution is 5.66. The van der Waals surface area contributed by atoms with E-state index in [4.69, 9.17) is 9.47 Å². The average molecular weight is 507 g/mol. The molecule has 6 nitrogen and oxygen atoms in total. The van der Waals surface area contributed by atoms with E-state index in [2.05, 4.69) is 0 Å². The molecular weight excluding hydrogens is 452 g/mol. The Morgan fingerprint density at radius 3 is 1.36 bits per heavy atom. The third-order valence-electron chi connectivity index (χ3n) is 10.6. The Kier molecular flexibility index (Phi) is 10.1. The number of unbranched alkanes of at least 4 members (excludes halogenated alkanes) is 7. The first-order chi connectivity index (χ1) is 17.4. The molecule has 4 heterocycles. The Hall–Kier alpha value is -1.14. The summed E-state index contributed by atoms with van der Waals surface area (Å²) in [6.45, 7) is 12.4. The SMILES string of the molecule is CC(=O)OC[C@@H]1CC[N+]2(CCCCCCCCCC[N+]34CCC[C@H]3[C@H](COC(C)=O)CC4)CCC[C@@H]12. The number of hydrogen-bond donors (Lipinski definition) is 0. The molecule has 6 heteroatoms. The van der Waals surface area contributed by atoms with Crippen molar-refractivity contribution in [2.45, 2.75) is 116 Å². The topological polar surface area (TPSA) is 52.6 Å². The summed E-state index contributed by atoms with van der Waals surface area (Å²) in [5.74, 6) is 0.946. The van der Waals surface area contributed by atoms with Crippen molar-refractivity contribution in [2.75, 3.05) is 52.5 Å². The molecule has 0 saturated carbocycles. The van der Waals surface area contributed by atoms with Gasteiger partial charge >= 0.3 is 11.9 Å². The molecule has 0 amide bonds. The van der Waals surface area contributed by atoms with Gasteiger partial charge < -0.3 is 18.4 Å². The number of carbonyl (C=O) groups excluding carboxylic acids is 2. The van der Waals surface area contributed by atoms with Crippen LogP contribution >= 0.6 is 0 Å². The Bertz CT molecular complexity index is 670. The number of ether oxygens (including phenoxy) is 2. The minimum absolute atomic E-state index is 0.122. The summed E-state index contributed by atoms with van der Waals surface area (Å²) in [6, 6.07) is 1.50. The van der Waals surface area contributed by atoms with Crippen molar-refractivity contribution in [2.24, 2.45) is 11.8 Å². The lowest BCUT2D eigenvalue weighted by Gasteiger charge is -2.36. The van der Waals surface area contributed by atoms with Crippen molar-refractivity contribution in [3.05, 3.63) is 0 Å². The number of carbonyl (C=O) groups is 2. The molecular formula is C30H54N2O4+2. The van der Waals surface area contributed by atoms with E-state index in [1.807, 2.05) is 0 Å². The van der Waals surface area contributed by atoms with Gasteiger partial charge in [0.25, 0.3) is 0 Å². The van der Waals surface area contributed by atoms with E-state index in [1.165, 1.54) is 152 Å². The molecule has 0 bridgehead atoms. The zero-order valence-corrected chi connectivity index (χ0v) is 23.4. The summed E-state index contributed by atoms with van der Waals surface area (Å²) in [7, 11) is 0. The van der Waals surface area contributed by atoms with Crippen LogP contribution in [0.5, 0.6) is 0 Å². The van der Waals surface area contributed by atoms with Crippen molar-refractivity contribution in [3.63, 3.8) is 0 Å². The van der Waals surface area contributed by atoms with Crippen LogP contribution in [0.2, 0.25) is 0 Å². The molecule has 0 N–H and O–H groups in total. The number of nitrogens with zero attached hydrogens (tertiary/aromatic N) is 2. The second kappa shape index (κ2) is 13.1. The fourth-order valence-electron chi connectivity index (χ4n) is 8.79. The number of esters is 2. The van der Waals surface area contributed by atoms with E-state index >= 15 is 0 Å². The third-order valence-corrected chi connectivity index (χ3v) is 10.6. The summed E-state index contributed by atoms with van der Waals surface area (Å²) < 4.78 is 13.4. The Morgan fingerprint density at radius 2 is 0.972 bits per heavy atom. The largest absolute Gasteiger partial charge is 0.465 e. The standard InChI is InChI=1S/C30H54N2O4/c1-25(33)35-23-27-15-21-31(19-11-13-29(27)31)17-9-7-5-3-4-6-8-10-18-32-20-12-14-30(32)28(16-22-32)24-36-26(2)34/h27-30H,3-24H2,1-2H3/q+2/t27-,28-,29-,30-,31?,32?/m0/s1. The maximum absolute atomic E-state index is 11.2. The first kappa shape index (κ1) is 27.9. The van der Waals surface area contributed by atoms with Crippen molar-refractivity contribution in [1.29, 1.82) is 0 Å². The monoisotopic (exact) mass is 506 g/mol. The average Bonchev–Trinajstić information content (AvgIpc) is 3.58. The first-order valence-corrected chi connectivity index (χ1v) is 15.4. The molecule has 0 spiro atoms. The summed E-state index contributed by atoms with van der Waals surface area (Å²) in [5.41, 5.74) is 0. The molecule has 0 aromatic rings. The van der Waals surface area contributed by atoms with Gasteiger partial charge in [0.05, 0.1) is 76.4 Å². The normalized spacial score (nSPS) is 35.1. The zero-order chi connectivity index (χ0) is 25.4. The molecule has 0 aromatic carbocycles. The van der Waals surface area contributed by atoms with Crippen molar-refractivity contribution in [3.8, 4) is 0 Å². The Balaban J connectivity index is 1.03. The number of fused-ring (bicyclic) bond motifs is 2. The molecule has 4 rings (SSSR count). The number of quaternary nitrogens is 2. The molecule has 2 unspecified atom stereocenters. The van der Waals surface area contributed by atoms with Gasteiger partial charge in [-0.3, -0.25) is 9.59 Å². The third kappa shape index (κ3) is 6.83. The Labute approximate surface area is 220 Å². The summed E-state index contributed by atoms with van der Waals surface area (Å²) in [4.78, 5) is 22.5. The van der Waals surface area contributed by atoms with Crippen LogP contribution in [0.4, 0.5) is 0 Å². The molecule has 4 saturated heterocycles. The van der Waals surface area contributed by atoms with Gasteiger partial charge in [0.1, 0.15) is 0 Å². The molecule has 4 fully saturated rings. The zero-order valence-electron chi connectivity index (χ0n) is 23.4. The van der Waals surface area contributed by atoms with Gasteiger partial charge in [-0.2, -0.15) is 0 Å². The summed E-state index contributed by atoms with van der Waals surface area (Å²) >= 11 is 0. The van der Waals surface area contributed by atoms with Gasteiger partial charge in [0.2, 0.25) is 0 Å². The van der Waals surface area contributed by atoms with Crippen molar-refractivity contribution < 1.29 is 28.0 Å². The van der Waals surface area contributed by atoms with Crippen molar-refractivity contribution >= 4 is 11.9 Å².